The van der Waals surface area contributed by atoms with Gasteiger partial charge in [0, 0.05) is 0 Å². The second kappa shape index (κ2) is 3.80. The molecule has 0 unspecified atom stereocenters. The lowest BCUT2D eigenvalue weighted by atomic mass is 10.7. The van der Waals surface area contributed by atoms with E-state index in [1.807, 2.05) is 0 Å². The summed E-state index contributed by atoms with van der Waals surface area (Å²) in [6.45, 7) is 1.57. The SMILES string of the molecule is CC[n+]1cc(S(=O)(=O)[O-])n(C)c1S(=O)(=O)[O-]. The van der Waals surface area contributed by atoms with Crippen molar-refractivity contribution in [2.45, 2.75) is 23.7 Å². The zero-order chi connectivity index (χ0) is 12.7. The van der Waals surface area contributed by atoms with Gasteiger partial charge in [0.15, 0.2) is 10.1 Å². The van der Waals surface area contributed by atoms with Crippen LogP contribution in [0.3, 0.4) is 0 Å². The maximum atomic E-state index is 10.9. The molecule has 92 valence electrons. The van der Waals surface area contributed by atoms with E-state index >= 15 is 0 Å². The Kier molecular flexibility index (Phi) is 3.11. The zero-order valence-corrected chi connectivity index (χ0v) is 10.1. The van der Waals surface area contributed by atoms with E-state index in [9.17, 15) is 25.9 Å². The fourth-order valence-corrected chi connectivity index (χ4v) is 2.97. The highest BCUT2D eigenvalue weighted by molar-refractivity contribution is 7.86. The van der Waals surface area contributed by atoms with Crippen LogP contribution in [0.25, 0.3) is 0 Å². The van der Waals surface area contributed by atoms with Crippen molar-refractivity contribution in [3.05, 3.63) is 6.20 Å². The third-order valence-electron chi connectivity index (χ3n) is 1.95. The van der Waals surface area contributed by atoms with Gasteiger partial charge in [0.1, 0.15) is 6.20 Å². The number of hydrogen-bond acceptors (Lipinski definition) is 6. The van der Waals surface area contributed by atoms with E-state index in [2.05, 4.69) is 0 Å². The number of nitrogens with zero attached hydrogens (tertiary/aromatic N) is 2. The fraction of sp³-hybridized carbons (Fsp3) is 0.500. The van der Waals surface area contributed by atoms with Crippen molar-refractivity contribution in [2.24, 2.45) is 7.05 Å². The Balaban J connectivity index is 3.72. The maximum absolute atomic E-state index is 10.9. The van der Waals surface area contributed by atoms with Gasteiger partial charge in [-0.2, -0.15) is 0 Å². The summed E-state index contributed by atoms with van der Waals surface area (Å²) in [7, 11) is -8.63. The molecule has 0 aliphatic rings. The minimum atomic E-state index is -4.84. The van der Waals surface area contributed by atoms with E-state index in [4.69, 9.17) is 0 Å². The van der Waals surface area contributed by atoms with Gasteiger partial charge in [-0.25, -0.2) is 26.0 Å². The zero-order valence-electron chi connectivity index (χ0n) is 8.44. The number of hydrogen-bond donors (Lipinski definition) is 0. The third kappa shape index (κ3) is 2.24. The molecule has 0 atom stereocenters. The molecule has 0 N–H and O–H groups in total. The highest BCUT2D eigenvalue weighted by Crippen LogP contribution is 2.11. The Morgan fingerprint density at radius 1 is 1.25 bits per heavy atom. The lowest BCUT2D eigenvalue weighted by Gasteiger charge is -2.05. The van der Waals surface area contributed by atoms with Crippen LogP contribution in [-0.2, 0) is 33.8 Å². The van der Waals surface area contributed by atoms with Gasteiger partial charge in [-0.1, -0.05) is 0 Å². The second-order valence-electron chi connectivity index (χ2n) is 3.00. The van der Waals surface area contributed by atoms with Crippen LogP contribution in [0.4, 0.5) is 0 Å². The first kappa shape index (κ1) is 13.1. The first-order chi connectivity index (χ1) is 7.09. The molecular weight excluding hydrogens is 260 g/mol. The largest absolute Gasteiger partial charge is 0.741 e. The van der Waals surface area contributed by atoms with Crippen LogP contribution >= 0.6 is 0 Å². The van der Waals surface area contributed by atoms with E-state index in [0.717, 1.165) is 17.8 Å². The van der Waals surface area contributed by atoms with Crippen LogP contribution in [0.5, 0.6) is 0 Å². The second-order valence-corrected chi connectivity index (χ2v) is 5.60. The topological polar surface area (TPSA) is 123 Å². The summed E-state index contributed by atoms with van der Waals surface area (Å²) in [6.07, 6.45) is 0.827. The summed E-state index contributed by atoms with van der Waals surface area (Å²) >= 11 is 0. The summed E-state index contributed by atoms with van der Waals surface area (Å²) in [5.41, 5.74) is 0. The van der Waals surface area contributed by atoms with Crippen LogP contribution in [0.2, 0.25) is 0 Å². The van der Waals surface area contributed by atoms with Gasteiger partial charge in [-0.3, -0.25) is 0 Å². The fourth-order valence-electron chi connectivity index (χ4n) is 1.33. The number of aryl methyl sites for hydroxylation is 1. The molecule has 1 aromatic heterocycles. The van der Waals surface area contributed by atoms with Gasteiger partial charge < -0.3 is 9.11 Å². The molecule has 0 amide bonds. The smallest absolute Gasteiger partial charge is 0.364 e. The van der Waals surface area contributed by atoms with Gasteiger partial charge in [0.05, 0.1) is 13.6 Å². The van der Waals surface area contributed by atoms with Crippen molar-refractivity contribution in [3.63, 3.8) is 0 Å². The molecule has 0 saturated heterocycles. The van der Waals surface area contributed by atoms with E-state index in [-0.39, 0.29) is 6.54 Å². The monoisotopic (exact) mass is 269 g/mol. The highest BCUT2D eigenvalue weighted by atomic mass is 32.2. The predicted molar refractivity (Wildman–Crippen MR) is 47.2 cm³/mol. The summed E-state index contributed by atoms with van der Waals surface area (Å²) in [5, 5.41) is -1.52. The molecule has 0 bridgehead atoms. The lowest BCUT2D eigenvalue weighted by molar-refractivity contribution is -0.732. The molecule has 1 heterocycles. The van der Waals surface area contributed by atoms with Crippen LogP contribution < -0.4 is 4.57 Å². The molecule has 0 aromatic carbocycles. The van der Waals surface area contributed by atoms with Gasteiger partial charge in [-0.05, 0) is 6.92 Å². The van der Waals surface area contributed by atoms with Crippen LogP contribution in [0, 0.1) is 0 Å². The van der Waals surface area contributed by atoms with E-state index in [1.165, 1.54) is 6.92 Å². The standard InChI is InChI=1S/C6H10N2O6S2/c1-3-8-4-5(15(9,10)11)7(2)6(8)16(12,13)14/h4H,3H2,1-2H3,(H-,9,10,11,12,13,14)/p-1. The Hall–Kier alpha value is -0.970. The van der Waals surface area contributed by atoms with E-state index in [1.54, 1.807) is 0 Å². The molecule has 1 aromatic rings. The molecule has 0 spiro atoms. The molecule has 0 radical (unpaired) electrons. The molecule has 0 aliphatic carbocycles. The molecule has 8 nitrogen and oxygen atoms in total. The summed E-state index contributed by atoms with van der Waals surface area (Å²) in [5.74, 6) is 0. The normalized spacial score (nSPS) is 13.0. The molecule has 1 rings (SSSR count). The van der Waals surface area contributed by atoms with Gasteiger partial charge in [-0.15, -0.1) is 0 Å². The van der Waals surface area contributed by atoms with Crippen molar-refractivity contribution in [2.75, 3.05) is 0 Å². The minimum Gasteiger partial charge on any atom is -0.741 e. The Morgan fingerprint density at radius 2 is 1.75 bits per heavy atom. The molecule has 0 saturated carbocycles. The van der Waals surface area contributed by atoms with Crippen molar-refractivity contribution in [3.8, 4) is 0 Å². The maximum Gasteiger partial charge on any atom is 0.364 e. The van der Waals surface area contributed by atoms with Gasteiger partial charge in [0.25, 0.3) is 0 Å². The predicted octanol–water partition coefficient (Wildman–Crippen LogP) is -1.86. The third-order valence-corrected chi connectivity index (χ3v) is 3.80. The first-order valence-electron chi connectivity index (χ1n) is 4.10. The molecule has 0 fully saturated rings. The number of aromatic nitrogens is 2. The van der Waals surface area contributed by atoms with Gasteiger partial charge >= 0.3 is 5.16 Å². The van der Waals surface area contributed by atoms with Crippen LogP contribution in [0.15, 0.2) is 16.4 Å². The van der Waals surface area contributed by atoms with Crippen molar-refractivity contribution >= 4 is 20.2 Å². The van der Waals surface area contributed by atoms with Crippen LogP contribution in [-0.4, -0.2) is 30.5 Å². The molecule has 0 aliphatic heterocycles. The number of imidazole rings is 1. The van der Waals surface area contributed by atoms with E-state index in [0.29, 0.717) is 4.57 Å². The van der Waals surface area contributed by atoms with Crippen molar-refractivity contribution in [1.82, 2.24) is 4.57 Å². The molecule has 16 heavy (non-hydrogen) atoms. The summed E-state index contributed by atoms with van der Waals surface area (Å²) < 4.78 is 66.4. The quantitative estimate of drug-likeness (QED) is 0.468. The highest BCUT2D eigenvalue weighted by Gasteiger charge is 2.28. The Bertz CT molecular complexity index is 612. The van der Waals surface area contributed by atoms with Crippen molar-refractivity contribution in [1.29, 1.82) is 0 Å². The Labute approximate surface area is 92.6 Å². The lowest BCUT2D eigenvalue weighted by Crippen LogP contribution is -2.37. The first-order valence-corrected chi connectivity index (χ1v) is 6.91. The Morgan fingerprint density at radius 3 is 2.00 bits per heavy atom. The molecular formula is C6H9N2O6S2-. The minimum absolute atomic E-state index is 0.0557. The van der Waals surface area contributed by atoms with Crippen molar-refractivity contribution < 1.29 is 30.5 Å². The molecule has 10 heteroatoms. The summed E-state index contributed by atoms with van der Waals surface area (Å²) in [6, 6.07) is 0. The van der Waals surface area contributed by atoms with Gasteiger partial charge in [0.2, 0.25) is 15.1 Å². The average Bonchev–Trinajstić information content (AvgIpc) is 2.40. The average molecular weight is 269 g/mol. The number of rotatable bonds is 3. The summed E-state index contributed by atoms with van der Waals surface area (Å²) in [4.78, 5) is 0. The van der Waals surface area contributed by atoms with E-state index < -0.39 is 30.4 Å². The van der Waals surface area contributed by atoms with Crippen LogP contribution in [0.1, 0.15) is 6.92 Å².